The number of ether oxygens (including phenoxy) is 2. The second-order valence-corrected chi connectivity index (χ2v) is 4.17. The Hall–Kier alpha value is -0.430. The number of H-pyrrole nitrogens is 1. The molecule has 1 aromatic rings. The summed E-state index contributed by atoms with van der Waals surface area (Å²) >= 11 is 3.35. The zero-order valence-electron chi connectivity index (χ0n) is 9.33. The van der Waals surface area contributed by atoms with Gasteiger partial charge in [-0.25, -0.2) is 0 Å². The monoisotopic (exact) mass is 292 g/mol. The van der Waals surface area contributed by atoms with Crippen molar-refractivity contribution in [2.75, 3.05) is 20.3 Å². The highest BCUT2D eigenvalue weighted by Gasteiger charge is 2.09. The van der Waals surface area contributed by atoms with Gasteiger partial charge in [-0.05, 0) is 28.8 Å². The maximum absolute atomic E-state index is 8.94. The van der Waals surface area contributed by atoms with E-state index in [0.717, 1.165) is 29.6 Å². The normalized spacial score (nSPS) is 10.9. The largest absolute Gasteiger partial charge is 0.390 e. The van der Waals surface area contributed by atoms with Crippen LogP contribution in [0.3, 0.4) is 0 Å². The van der Waals surface area contributed by atoms with E-state index >= 15 is 0 Å². The molecule has 0 saturated carbocycles. The molecule has 0 aliphatic carbocycles. The minimum absolute atomic E-state index is 0.0541. The van der Waals surface area contributed by atoms with E-state index in [4.69, 9.17) is 14.6 Å². The molecule has 2 N–H and O–H groups in total. The molecule has 0 fully saturated rings. The summed E-state index contributed by atoms with van der Waals surface area (Å²) in [5, 5.41) is 15.7. The Balaban J connectivity index is 2.19. The first-order chi connectivity index (χ1) is 7.79. The summed E-state index contributed by atoms with van der Waals surface area (Å²) in [5.41, 5.74) is 1.47. The summed E-state index contributed by atoms with van der Waals surface area (Å²) in [4.78, 5) is 0. The van der Waals surface area contributed by atoms with E-state index in [1.54, 1.807) is 7.11 Å². The van der Waals surface area contributed by atoms with Gasteiger partial charge in [0.15, 0.2) is 0 Å². The van der Waals surface area contributed by atoms with Crippen molar-refractivity contribution in [3.63, 3.8) is 0 Å². The molecule has 0 unspecified atom stereocenters. The fourth-order valence-corrected chi connectivity index (χ4v) is 1.64. The van der Waals surface area contributed by atoms with Crippen LogP contribution in [0.15, 0.2) is 4.47 Å². The highest BCUT2D eigenvalue weighted by molar-refractivity contribution is 9.10. The summed E-state index contributed by atoms with van der Waals surface area (Å²) in [6, 6.07) is 0. The molecule has 0 atom stereocenters. The number of aromatic nitrogens is 2. The number of hydrogen-bond donors (Lipinski definition) is 2. The van der Waals surface area contributed by atoms with Crippen LogP contribution in [0.2, 0.25) is 0 Å². The molecular formula is C10H17BrN2O3. The first-order valence-corrected chi connectivity index (χ1v) is 5.98. The van der Waals surface area contributed by atoms with Crippen LogP contribution in [0, 0.1) is 0 Å². The van der Waals surface area contributed by atoms with Crippen molar-refractivity contribution in [1.29, 1.82) is 0 Å². The second kappa shape index (κ2) is 7.78. The third kappa shape index (κ3) is 4.21. The van der Waals surface area contributed by atoms with Gasteiger partial charge in [-0.3, -0.25) is 5.10 Å². The summed E-state index contributed by atoms with van der Waals surface area (Å²) in [5.74, 6) is 0. The minimum Gasteiger partial charge on any atom is -0.390 e. The molecule has 1 rings (SSSR count). The molecule has 5 nitrogen and oxygen atoms in total. The van der Waals surface area contributed by atoms with E-state index in [0.29, 0.717) is 18.9 Å². The predicted molar refractivity (Wildman–Crippen MR) is 63.0 cm³/mol. The number of aromatic amines is 1. The van der Waals surface area contributed by atoms with Crippen molar-refractivity contribution in [3.8, 4) is 0 Å². The number of nitrogens with zero attached hydrogens (tertiary/aromatic N) is 1. The standard InChI is InChI=1S/C10H17BrN2O3/c1-15-4-2-3-5-16-7-9-10(11)8(6-14)12-13-9/h14H,2-7H2,1H3,(H,12,13). The Labute approximate surface area is 103 Å². The third-order valence-electron chi connectivity index (χ3n) is 2.13. The van der Waals surface area contributed by atoms with Gasteiger partial charge >= 0.3 is 0 Å². The van der Waals surface area contributed by atoms with Crippen LogP contribution in [-0.2, 0) is 22.7 Å². The zero-order valence-corrected chi connectivity index (χ0v) is 10.9. The van der Waals surface area contributed by atoms with Gasteiger partial charge in [-0.2, -0.15) is 5.10 Å². The first-order valence-electron chi connectivity index (χ1n) is 5.18. The van der Waals surface area contributed by atoms with Gasteiger partial charge in [0.05, 0.1) is 23.4 Å². The van der Waals surface area contributed by atoms with Gasteiger partial charge in [0, 0.05) is 20.3 Å². The molecule has 1 heterocycles. The number of aliphatic hydroxyl groups is 1. The summed E-state index contributed by atoms with van der Waals surface area (Å²) in [6.07, 6.45) is 1.98. The van der Waals surface area contributed by atoms with E-state index in [9.17, 15) is 0 Å². The Morgan fingerprint density at radius 2 is 2.12 bits per heavy atom. The SMILES string of the molecule is COCCCCOCc1n[nH]c(CO)c1Br. The van der Waals surface area contributed by atoms with Gasteiger partial charge in [-0.1, -0.05) is 0 Å². The molecule has 0 amide bonds. The molecule has 0 spiro atoms. The molecular weight excluding hydrogens is 276 g/mol. The maximum Gasteiger partial charge on any atom is 0.102 e. The lowest BCUT2D eigenvalue weighted by molar-refractivity contribution is 0.105. The second-order valence-electron chi connectivity index (χ2n) is 3.37. The number of methoxy groups -OCH3 is 1. The quantitative estimate of drug-likeness (QED) is 0.715. The van der Waals surface area contributed by atoms with Crippen molar-refractivity contribution < 1.29 is 14.6 Å². The van der Waals surface area contributed by atoms with E-state index < -0.39 is 0 Å². The number of rotatable bonds is 8. The van der Waals surface area contributed by atoms with Crippen LogP contribution in [0.1, 0.15) is 24.2 Å². The highest BCUT2D eigenvalue weighted by Crippen LogP contribution is 2.19. The molecule has 6 heteroatoms. The van der Waals surface area contributed by atoms with E-state index in [1.165, 1.54) is 0 Å². The molecule has 0 aromatic carbocycles. The van der Waals surface area contributed by atoms with Gasteiger partial charge in [0.1, 0.15) is 5.69 Å². The van der Waals surface area contributed by atoms with E-state index in [2.05, 4.69) is 26.1 Å². The van der Waals surface area contributed by atoms with Crippen LogP contribution < -0.4 is 0 Å². The van der Waals surface area contributed by atoms with Crippen molar-refractivity contribution in [2.45, 2.75) is 26.1 Å². The highest BCUT2D eigenvalue weighted by atomic mass is 79.9. The Morgan fingerprint density at radius 3 is 2.75 bits per heavy atom. The molecule has 0 radical (unpaired) electrons. The summed E-state index contributed by atoms with van der Waals surface area (Å²) in [7, 11) is 1.69. The predicted octanol–water partition coefficient (Wildman–Crippen LogP) is 1.61. The molecule has 0 aliphatic heterocycles. The van der Waals surface area contributed by atoms with Crippen LogP contribution in [0.5, 0.6) is 0 Å². The Bertz CT molecular complexity index is 304. The van der Waals surface area contributed by atoms with Crippen molar-refractivity contribution in [3.05, 3.63) is 15.9 Å². The lowest BCUT2D eigenvalue weighted by Gasteiger charge is -2.02. The van der Waals surface area contributed by atoms with Crippen LogP contribution >= 0.6 is 15.9 Å². The van der Waals surface area contributed by atoms with Crippen LogP contribution in [0.4, 0.5) is 0 Å². The smallest absolute Gasteiger partial charge is 0.102 e. The average Bonchev–Trinajstić information content (AvgIpc) is 2.65. The van der Waals surface area contributed by atoms with Gasteiger partial charge in [-0.15, -0.1) is 0 Å². The maximum atomic E-state index is 8.94. The van der Waals surface area contributed by atoms with E-state index in [-0.39, 0.29) is 6.61 Å². The lowest BCUT2D eigenvalue weighted by atomic mass is 10.3. The first kappa shape index (κ1) is 13.6. The number of unbranched alkanes of at least 4 members (excludes halogenated alkanes) is 1. The summed E-state index contributed by atoms with van der Waals surface area (Å²) in [6.45, 7) is 1.85. The third-order valence-corrected chi connectivity index (χ3v) is 3.06. The van der Waals surface area contributed by atoms with Crippen molar-refractivity contribution >= 4 is 15.9 Å². The fraction of sp³-hybridized carbons (Fsp3) is 0.700. The Morgan fingerprint density at radius 1 is 1.38 bits per heavy atom. The van der Waals surface area contributed by atoms with Gasteiger partial charge in [0.2, 0.25) is 0 Å². The van der Waals surface area contributed by atoms with Crippen LogP contribution in [-0.4, -0.2) is 35.6 Å². The number of hydrogen-bond acceptors (Lipinski definition) is 4. The molecule has 92 valence electrons. The molecule has 0 saturated heterocycles. The van der Waals surface area contributed by atoms with Crippen molar-refractivity contribution in [2.24, 2.45) is 0 Å². The fourth-order valence-electron chi connectivity index (χ4n) is 1.23. The van der Waals surface area contributed by atoms with Crippen molar-refractivity contribution in [1.82, 2.24) is 10.2 Å². The minimum atomic E-state index is -0.0541. The zero-order chi connectivity index (χ0) is 11.8. The number of halogens is 1. The summed E-state index contributed by atoms with van der Waals surface area (Å²) < 4.78 is 11.2. The molecule has 0 aliphatic rings. The topological polar surface area (TPSA) is 67.4 Å². The number of aliphatic hydroxyl groups excluding tert-OH is 1. The molecule has 0 bridgehead atoms. The molecule has 16 heavy (non-hydrogen) atoms. The van der Waals surface area contributed by atoms with E-state index in [1.807, 2.05) is 0 Å². The van der Waals surface area contributed by atoms with Gasteiger partial charge < -0.3 is 14.6 Å². The Kier molecular flexibility index (Phi) is 6.63. The lowest BCUT2D eigenvalue weighted by Crippen LogP contribution is -1.98. The van der Waals surface area contributed by atoms with Crippen LogP contribution in [0.25, 0.3) is 0 Å². The van der Waals surface area contributed by atoms with Gasteiger partial charge in [0.25, 0.3) is 0 Å². The average molecular weight is 293 g/mol. The number of nitrogens with one attached hydrogen (secondary N) is 1. The molecule has 1 aromatic heterocycles.